The third kappa shape index (κ3) is 10.7. The molecule has 0 aliphatic carbocycles. The molecule has 0 saturated heterocycles. The van der Waals surface area contributed by atoms with Gasteiger partial charge in [-0.15, -0.1) is 0 Å². The second kappa shape index (κ2) is 26.9. The molecule has 526 valence electrons. The molecule has 0 aliphatic heterocycles. The van der Waals surface area contributed by atoms with Crippen LogP contribution in [0.15, 0.2) is 419 Å². The van der Waals surface area contributed by atoms with Gasteiger partial charge in [-0.1, -0.05) is 370 Å². The first-order valence-corrected chi connectivity index (χ1v) is 39.2. The molecular formula is C111H72N2. The van der Waals surface area contributed by atoms with Crippen LogP contribution in [-0.4, -0.2) is 9.13 Å². The van der Waals surface area contributed by atoms with Gasteiger partial charge in [-0.3, -0.25) is 0 Å². The summed E-state index contributed by atoms with van der Waals surface area (Å²) in [6, 6.07) is 154. The highest BCUT2D eigenvalue weighted by Gasteiger charge is 2.25. The fourth-order valence-corrected chi connectivity index (χ4v) is 18.9. The summed E-state index contributed by atoms with van der Waals surface area (Å²) in [6.07, 6.45) is 0. The van der Waals surface area contributed by atoms with Crippen LogP contribution in [0.5, 0.6) is 0 Å². The molecule has 21 aromatic carbocycles. The third-order valence-electron chi connectivity index (χ3n) is 23.8. The van der Waals surface area contributed by atoms with E-state index in [0.29, 0.717) is 0 Å². The summed E-state index contributed by atoms with van der Waals surface area (Å²) >= 11 is 0. The minimum atomic E-state index is 1.13. The quantitative estimate of drug-likeness (QED) is 0.128. The van der Waals surface area contributed by atoms with Crippen molar-refractivity contribution in [2.75, 3.05) is 0 Å². The molecule has 0 radical (unpaired) electrons. The maximum absolute atomic E-state index is 2.51. The zero-order valence-corrected chi connectivity index (χ0v) is 62.2. The van der Waals surface area contributed by atoms with E-state index in [1.54, 1.807) is 0 Å². The molecule has 113 heavy (non-hydrogen) atoms. The van der Waals surface area contributed by atoms with Gasteiger partial charge in [-0.05, 0) is 226 Å². The molecule has 0 atom stereocenters. The molecule has 0 unspecified atom stereocenters. The van der Waals surface area contributed by atoms with Gasteiger partial charge in [0.15, 0.2) is 0 Å². The molecule has 0 spiro atoms. The van der Waals surface area contributed by atoms with E-state index in [2.05, 4.69) is 435 Å². The summed E-state index contributed by atoms with van der Waals surface area (Å²) in [5, 5.41) is 25.4. The summed E-state index contributed by atoms with van der Waals surface area (Å²) in [5.41, 5.74) is 25.8. The maximum atomic E-state index is 2.51. The summed E-state index contributed by atoms with van der Waals surface area (Å²) in [4.78, 5) is 0. The number of nitrogens with zero attached hydrogens (tertiary/aromatic N) is 2. The lowest BCUT2D eigenvalue weighted by Crippen LogP contribution is -1.96. The van der Waals surface area contributed by atoms with Crippen molar-refractivity contribution in [1.29, 1.82) is 0 Å². The first-order valence-electron chi connectivity index (χ1n) is 39.2. The molecule has 0 bridgehead atoms. The van der Waals surface area contributed by atoms with E-state index < -0.39 is 0 Å². The van der Waals surface area contributed by atoms with Crippen LogP contribution in [0.25, 0.3) is 219 Å². The standard InChI is InChI=1S/C58H37N.C53H35N/c1-4-18-38(19-5-1)51-36-53-57(45-26-12-10-24-43(45)51)58-46-27-13-11-25-44(46)52(39-20-6-2-7-21-39)37-54(58)59(53)42-34-32-41(33-35-42)56-49-30-16-14-28-47(49)55(40-22-8-3-9-23-40)48-29-15-17-31-50(48)56;1-34-12-11-16-39(32-34)40-23-22-36-27-31-49-53(47(36)33-40)52-42-17-6-5-13-35(42)26-30-48(52)54(49)41-28-24-38(25-29-41)51-45-20-9-7-18-43(45)50(37-14-3-2-4-15-37)44-19-8-10-21-46(44)51/h1-37H;2-33H,1H3. The van der Waals surface area contributed by atoms with Crippen molar-refractivity contribution in [3.05, 3.63) is 424 Å². The van der Waals surface area contributed by atoms with E-state index in [9.17, 15) is 0 Å². The van der Waals surface area contributed by atoms with Crippen molar-refractivity contribution in [3.8, 4) is 89.3 Å². The van der Waals surface area contributed by atoms with E-state index in [0.717, 1.165) is 11.4 Å². The number of rotatable bonds is 9. The Kier molecular flexibility index (Phi) is 15.5. The number of hydrogen-bond donors (Lipinski definition) is 0. The number of aromatic nitrogens is 2. The predicted octanol–water partition coefficient (Wildman–Crippen LogP) is 30.8. The van der Waals surface area contributed by atoms with Crippen LogP contribution in [0.3, 0.4) is 0 Å². The summed E-state index contributed by atoms with van der Waals surface area (Å²) < 4.78 is 4.98. The number of fused-ring (bicyclic) bond motifs is 18. The van der Waals surface area contributed by atoms with Crippen molar-refractivity contribution in [2.24, 2.45) is 0 Å². The lowest BCUT2D eigenvalue weighted by atomic mass is 9.86. The zero-order chi connectivity index (χ0) is 74.6. The van der Waals surface area contributed by atoms with Crippen LogP contribution in [0.4, 0.5) is 0 Å². The van der Waals surface area contributed by atoms with Crippen molar-refractivity contribution < 1.29 is 0 Å². The molecule has 2 nitrogen and oxygen atoms in total. The average Bonchev–Trinajstić information content (AvgIpc) is 1.57. The van der Waals surface area contributed by atoms with Crippen molar-refractivity contribution >= 4 is 130 Å². The van der Waals surface area contributed by atoms with E-state index >= 15 is 0 Å². The van der Waals surface area contributed by atoms with E-state index in [-0.39, 0.29) is 0 Å². The Morgan fingerprint density at radius 1 is 0.159 bits per heavy atom. The summed E-state index contributed by atoms with van der Waals surface area (Å²) in [5.74, 6) is 0. The van der Waals surface area contributed by atoms with E-state index in [1.165, 1.54) is 213 Å². The highest BCUT2D eigenvalue weighted by molar-refractivity contribution is 6.33. The normalized spacial score (nSPS) is 11.8. The second-order valence-corrected chi connectivity index (χ2v) is 30.1. The van der Waals surface area contributed by atoms with Gasteiger partial charge < -0.3 is 9.13 Å². The molecule has 23 aromatic rings. The molecular weight excluding hydrogens is 1360 g/mol. The van der Waals surface area contributed by atoms with Gasteiger partial charge >= 0.3 is 0 Å². The molecule has 2 heteroatoms. The molecule has 0 aliphatic rings. The van der Waals surface area contributed by atoms with Gasteiger partial charge in [0.05, 0.1) is 22.1 Å². The van der Waals surface area contributed by atoms with E-state index in [1.807, 2.05) is 0 Å². The number of aryl methyl sites for hydroxylation is 1. The fraction of sp³-hybridized carbons (Fsp3) is 0.00901. The molecule has 0 saturated carbocycles. The summed E-state index contributed by atoms with van der Waals surface area (Å²) in [6.45, 7) is 2.17. The Balaban J connectivity index is 0.000000139. The Labute approximate surface area is 654 Å². The minimum Gasteiger partial charge on any atom is -0.309 e. The van der Waals surface area contributed by atoms with Crippen LogP contribution in [0.1, 0.15) is 5.56 Å². The maximum Gasteiger partial charge on any atom is 0.0553 e. The smallest absolute Gasteiger partial charge is 0.0553 e. The molecule has 0 fully saturated rings. The minimum absolute atomic E-state index is 1.13. The first kappa shape index (κ1) is 65.4. The van der Waals surface area contributed by atoms with Gasteiger partial charge in [0.25, 0.3) is 0 Å². The predicted molar refractivity (Wildman–Crippen MR) is 484 cm³/mol. The SMILES string of the molecule is Cc1cccc(-c2ccc3ccc4c(c3c2)c2c3ccccc3ccc2n4-c2ccc(-c3c4ccccc4c(-c4ccccc4)c4ccccc34)cc2)c1.c1ccc(-c2c3ccccc3c(-c3ccc(-n4c5cc(-c6ccccc6)c6ccccc6c5c5c6ccccc6c(-c6ccccc6)cc54)cc3)c3ccccc23)cc1. The third-order valence-corrected chi connectivity index (χ3v) is 23.8. The van der Waals surface area contributed by atoms with Crippen LogP contribution in [0.2, 0.25) is 0 Å². The molecule has 23 rings (SSSR count). The summed E-state index contributed by atoms with van der Waals surface area (Å²) in [7, 11) is 0. The van der Waals surface area contributed by atoms with Gasteiger partial charge in [-0.25, -0.2) is 0 Å². The Morgan fingerprint density at radius 3 is 0.832 bits per heavy atom. The first-order chi connectivity index (χ1) is 56.0. The highest BCUT2D eigenvalue weighted by atomic mass is 15.0. The Hall–Kier alpha value is -14.7. The number of benzene rings is 21. The monoisotopic (exact) mass is 1430 g/mol. The molecule has 0 amide bonds. The van der Waals surface area contributed by atoms with Gasteiger partial charge in [-0.2, -0.15) is 0 Å². The van der Waals surface area contributed by atoms with Crippen LogP contribution < -0.4 is 0 Å². The lowest BCUT2D eigenvalue weighted by molar-refractivity contribution is 1.18. The topological polar surface area (TPSA) is 9.86 Å². The zero-order valence-electron chi connectivity index (χ0n) is 62.2. The van der Waals surface area contributed by atoms with Gasteiger partial charge in [0.2, 0.25) is 0 Å². The highest BCUT2D eigenvalue weighted by Crippen LogP contribution is 2.51. The van der Waals surface area contributed by atoms with Crippen LogP contribution in [-0.2, 0) is 0 Å². The van der Waals surface area contributed by atoms with Crippen LogP contribution >= 0.6 is 0 Å². The average molecular weight is 1430 g/mol. The van der Waals surface area contributed by atoms with Crippen molar-refractivity contribution in [1.82, 2.24) is 9.13 Å². The Bertz CT molecular complexity index is 7490. The lowest BCUT2D eigenvalue weighted by Gasteiger charge is -2.18. The van der Waals surface area contributed by atoms with Gasteiger partial charge in [0, 0.05) is 32.9 Å². The van der Waals surface area contributed by atoms with Crippen molar-refractivity contribution in [3.63, 3.8) is 0 Å². The molecule has 0 N–H and O–H groups in total. The largest absolute Gasteiger partial charge is 0.309 e. The fourth-order valence-electron chi connectivity index (χ4n) is 18.9. The second-order valence-electron chi connectivity index (χ2n) is 30.1. The number of hydrogen-bond acceptors (Lipinski definition) is 0. The van der Waals surface area contributed by atoms with Crippen LogP contribution in [0, 0.1) is 6.92 Å². The molecule has 2 aromatic heterocycles. The Morgan fingerprint density at radius 2 is 0.434 bits per heavy atom. The molecule has 2 heterocycles. The van der Waals surface area contributed by atoms with Gasteiger partial charge in [0.1, 0.15) is 0 Å². The van der Waals surface area contributed by atoms with Crippen molar-refractivity contribution in [2.45, 2.75) is 6.92 Å². The van der Waals surface area contributed by atoms with E-state index in [4.69, 9.17) is 0 Å².